The van der Waals surface area contributed by atoms with Gasteiger partial charge >= 0.3 is 5.97 Å². The SMILES string of the molecule is COC(=O)c1ccc(C(C)Oc2cc(C)cc(C)c2)o1. The predicted molar refractivity (Wildman–Crippen MR) is 75.0 cm³/mol. The Morgan fingerprint density at radius 2 is 1.80 bits per heavy atom. The van der Waals surface area contributed by atoms with E-state index in [9.17, 15) is 4.79 Å². The Kier molecular flexibility index (Phi) is 4.13. The van der Waals surface area contributed by atoms with Gasteiger partial charge in [0.15, 0.2) is 6.10 Å². The van der Waals surface area contributed by atoms with Crippen molar-refractivity contribution < 1.29 is 18.7 Å². The van der Waals surface area contributed by atoms with Crippen LogP contribution in [0.1, 0.15) is 40.5 Å². The summed E-state index contributed by atoms with van der Waals surface area (Å²) >= 11 is 0. The topological polar surface area (TPSA) is 48.7 Å². The molecule has 4 nitrogen and oxygen atoms in total. The number of benzene rings is 1. The lowest BCUT2D eigenvalue weighted by atomic mass is 10.1. The molecule has 0 N–H and O–H groups in total. The second kappa shape index (κ2) is 5.82. The van der Waals surface area contributed by atoms with Crippen molar-refractivity contribution in [2.45, 2.75) is 26.9 Å². The van der Waals surface area contributed by atoms with Gasteiger partial charge < -0.3 is 13.9 Å². The van der Waals surface area contributed by atoms with E-state index in [4.69, 9.17) is 9.15 Å². The highest BCUT2D eigenvalue weighted by molar-refractivity contribution is 5.86. The van der Waals surface area contributed by atoms with Crippen molar-refractivity contribution in [2.24, 2.45) is 0 Å². The van der Waals surface area contributed by atoms with Gasteiger partial charge in [0.05, 0.1) is 7.11 Å². The number of methoxy groups -OCH3 is 1. The molecule has 1 aromatic carbocycles. The second-order valence-electron chi connectivity index (χ2n) is 4.78. The predicted octanol–water partition coefficient (Wildman–Crippen LogP) is 3.82. The molecule has 0 spiro atoms. The molecule has 0 fully saturated rings. The minimum Gasteiger partial charge on any atom is -0.483 e. The van der Waals surface area contributed by atoms with Gasteiger partial charge in [-0.2, -0.15) is 0 Å². The number of hydrogen-bond acceptors (Lipinski definition) is 4. The molecule has 2 aromatic rings. The van der Waals surface area contributed by atoms with E-state index >= 15 is 0 Å². The minimum absolute atomic E-state index is 0.179. The lowest BCUT2D eigenvalue weighted by Crippen LogP contribution is -2.03. The first-order valence-electron chi connectivity index (χ1n) is 6.42. The molecule has 2 rings (SSSR count). The third-order valence-electron chi connectivity index (χ3n) is 2.92. The number of ether oxygens (including phenoxy) is 2. The van der Waals surface area contributed by atoms with E-state index in [1.807, 2.05) is 32.9 Å². The van der Waals surface area contributed by atoms with Gasteiger partial charge in [-0.25, -0.2) is 4.79 Å². The lowest BCUT2D eigenvalue weighted by Gasteiger charge is -2.13. The number of carbonyl (C=O) groups excluding carboxylic acids is 1. The third-order valence-corrected chi connectivity index (χ3v) is 2.92. The Morgan fingerprint density at radius 1 is 1.15 bits per heavy atom. The van der Waals surface area contributed by atoms with Gasteiger partial charge in [-0.15, -0.1) is 0 Å². The molecule has 0 aliphatic rings. The van der Waals surface area contributed by atoms with E-state index in [1.165, 1.54) is 7.11 Å². The zero-order valence-corrected chi connectivity index (χ0v) is 12.1. The van der Waals surface area contributed by atoms with Gasteiger partial charge in [0.1, 0.15) is 11.5 Å². The quantitative estimate of drug-likeness (QED) is 0.795. The third kappa shape index (κ3) is 3.20. The summed E-state index contributed by atoms with van der Waals surface area (Å²) in [6.45, 7) is 5.91. The summed E-state index contributed by atoms with van der Waals surface area (Å²) in [4.78, 5) is 11.3. The number of hydrogen-bond donors (Lipinski definition) is 0. The molecule has 1 atom stereocenters. The maximum absolute atomic E-state index is 11.3. The average molecular weight is 274 g/mol. The molecule has 0 amide bonds. The largest absolute Gasteiger partial charge is 0.483 e. The smallest absolute Gasteiger partial charge is 0.373 e. The molecular weight excluding hydrogens is 256 g/mol. The summed E-state index contributed by atoms with van der Waals surface area (Å²) < 4.78 is 15.9. The molecule has 1 heterocycles. The molecule has 1 aromatic heterocycles. The summed E-state index contributed by atoms with van der Waals surface area (Å²) in [7, 11) is 1.32. The number of rotatable bonds is 4. The highest BCUT2D eigenvalue weighted by Gasteiger charge is 2.16. The lowest BCUT2D eigenvalue weighted by molar-refractivity contribution is 0.0558. The van der Waals surface area contributed by atoms with E-state index in [0.717, 1.165) is 16.9 Å². The summed E-state index contributed by atoms with van der Waals surface area (Å²) in [6.07, 6.45) is -0.283. The average Bonchev–Trinajstić information content (AvgIpc) is 2.86. The second-order valence-corrected chi connectivity index (χ2v) is 4.78. The first-order valence-corrected chi connectivity index (χ1v) is 6.42. The fourth-order valence-electron chi connectivity index (χ4n) is 2.04. The first kappa shape index (κ1) is 14.2. The van der Waals surface area contributed by atoms with Crippen molar-refractivity contribution in [3.8, 4) is 5.75 Å². The van der Waals surface area contributed by atoms with Gasteiger partial charge in [-0.3, -0.25) is 0 Å². The monoisotopic (exact) mass is 274 g/mol. The van der Waals surface area contributed by atoms with Crippen molar-refractivity contribution >= 4 is 5.97 Å². The Balaban J connectivity index is 2.13. The van der Waals surface area contributed by atoms with Crippen LogP contribution < -0.4 is 4.74 Å². The fourth-order valence-corrected chi connectivity index (χ4v) is 2.04. The standard InChI is InChI=1S/C16H18O4/c1-10-7-11(2)9-13(8-10)19-12(3)14-5-6-15(20-14)16(17)18-4/h5-9,12H,1-4H3. The summed E-state index contributed by atoms with van der Waals surface area (Å²) in [5.41, 5.74) is 2.28. The van der Waals surface area contributed by atoms with Gasteiger partial charge in [0.25, 0.3) is 0 Å². The van der Waals surface area contributed by atoms with Crippen molar-refractivity contribution in [3.63, 3.8) is 0 Å². The Labute approximate surface area is 118 Å². The van der Waals surface area contributed by atoms with E-state index in [2.05, 4.69) is 10.8 Å². The molecule has 0 radical (unpaired) electrons. The fraction of sp³-hybridized carbons (Fsp3) is 0.312. The molecule has 0 bridgehead atoms. The van der Waals surface area contributed by atoms with Crippen LogP contribution >= 0.6 is 0 Å². The van der Waals surface area contributed by atoms with Crippen LogP contribution in [-0.4, -0.2) is 13.1 Å². The van der Waals surface area contributed by atoms with Crippen LogP contribution in [0.5, 0.6) is 5.75 Å². The summed E-state index contributed by atoms with van der Waals surface area (Å²) in [6, 6.07) is 9.32. The van der Waals surface area contributed by atoms with Crippen LogP contribution in [0, 0.1) is 13.8 Å². The highest BCUT2D eigenvalue weighted by Crippen LogP contribution is 2.25. The molecular formula is C16H18O4. The number of carbonyl (C=O) groups is 1. The van der Waals surface area contributed by atoms with E-state index in [0.29, 0.717) is 5.76 Å². The summed E-state index contributed by atoms with van der Waals surface area (Å²) in [5.74, 6) is 1.06. The molecule has 1 unspecified atom stereocenters. The number of furan rings is 1. The first-order chi connectivity index (χ1) is 9.49. The maximum atomic E-state index is 11.3. The van der Waals surface area contributed by atoms with Crippen molar-refractivity contribution in [1.82, 2.24) is 0 Å². The molecule has 20 heavy (non-hydrogen) atoms. The van der Waals surface area contributed by atoms with E-state index < -0.39 is 5.97 Å². The zero-order valence-electron chi connectivity index (χ0n) is 12.1. The maximum Gasteiger partial charge on any atom is 0.373 e. The van der Waals surface area contributed by atoms with E-state index in [1.54, 1.807) is 12.1 Å². The normalized spacial score (nSPS) is 12.0. The minimum atomic E-state index is -0.491. The van der Waals surface area contributed by atoms with Crippen LogP contribution in [0.4, 0.5) is 0 Å². The number of aryl methyl sites for hydroxylation is 2. The summed E-state index contributed by atoms with van der Waals surface area (Å²) in [5, 5.41) is 0. The molecule has 0 saturated heterocycles. The van der Waals surface area contributed by atoms with E-state index in [-0.39, 0.29) is 11.9 Å². The van der Waals surface area contributed by atoms with Gasteiger partial charge in [-0.1, -0.05) is 6.07 Å². The molecule has 0 aliphatic heterocycles. The Morgan fingerprint density at radius 3 is 2.40 bits per heavy atom. The van der Waals surface area contributed by atoms with Crippen molar-refractivity contribution in [2.75, 3.05) is 7.11 Å². The van der Waals surface area contributed by atoms with Crippen LogP contribution in [0.3, 0.4) is 0 Å². The van der Waals surface area contributed by atoms with Crippen LogP contribution in [0.15, 0.2) is 34.7 Å². The van der Waals surface area contributed by atoms with Gasteiger partial charge in [-0.05, 0) is 56.2 Å². The molecule has 0 aliphatic carbocycles. The van der Waals surface area contributed by atoms with Crippen molar-refractivity contribution in [1.29, 1.82) is 0 Å². The molecule has 0 saturated carbocycles. The van der Waals surface area contributed by atoms with Gasteiger partial charge in [0.2, 0.25) is 5.76 Å². The van der Waals surface area contributed by atoms with Gasteiger partial charge in [0, 0.05) is 0 Å². The molecule has 106 valence electrons. The molecule has 4 heteroatoms. The van der Waals surface area contributed by atoms with Crippen LogP contribution in [-0.2, 0) is 4.74 Å². The van der Waals surface area contributed by atoms with Crippen LogP contribution in [0.2, 0.25) is 0 Å². The highest BCUT2D eigenvalue weighted by atomic mass is 16.5. The van der Waals surface area contributed by atoms with Crippen LogP contribution in [0.25, 0.3) is 0 Å². The van der Waals surface area contributed by atoms with Crippen molar-refractivity contribution in [3.05, 3.63) is 53.0 Å². The number of esters is 1. The zero-order chi connectivity index (χ0) is 14.7. The Bertz CT molecular complexity index is 592. The Hall–Kier alpha value is -2.23.